The quantitative estimate of drug-likeness (QED) is 0.0243. The Morgan fingerprint density at radius 1 is 0.558 bits per heavy atom. The van der Waals surface area contributed by atoms with Gasteiger partial charge in [-0.2, -0.15) is 37.0 Å². The average molecular weight is 1500 g/mol. The molecule has 0 aliphatic carbocycles. The van der Waals surface area contributed by atoms with Crippen molar-refractivity contribution in [1.82, 2.24) is 63.1 Å². The number of para-hydroxylation sites is 1. The first kappa shape index (κ1) is 85.4. The number of thioether (sulfide) groups is 1. The molecule has 2 heterocycles. The Morgan fingerprint density at radius 3 is 1.56 bits per heavy atom. The number of nitrogens with zero attached hydrogens (tertiary/aromatic N) is 1. The van der Waals surface area contributed by atoms with Crippen LogP contribution >= 0.6 is 37.0 Å². The molecule has 14 atom stereocenters. The van der Waals surface area contributed by atoms with E-state index in [9.17, 15) is 77.6 Å². The fourth-order valence-electron chi connectivity index (χ4n) is 11.5. The van der Waals surface area contributed by atoms with Crippen LogP contribution in [0.1, 0.15) is 103 Å². The van der Waals surface area contributed by atoms with E-state index >= 15 is 4.79 Å². The van der Waals surface area contributed by atoms with Crippen molar-refractivity contribution in [2.75, 3.05) is 30.1 Å². The number of benzene rings is 3. The lowest BCUT2D eigenvalue weighted by Crippen LogP contribution is -2.62. The SMILES string of the molecule is CC[C@H](C)[C@H](NC(=O)[C@H](CCC(N)=O)NC(=O)[C@H](CCC(=O)O)NC(=O)[C@H](Cc1ccccc1)NC(=O)[C@@H]1CCCN1C(=O)[C@H](Cc1c[nH]c2ccccc12)NC(=O)[C@H](CCSC)NC(=O)[C@@H](NC(=O)[C@@H](NC(=O)[C@@H](N)CS)C(C)C)[C@@H](C)O)C(=O)N[C@@H](Cc1ccccc1)C(=O)N[C@@H](CS)C(=O)O. The standard InChI is InChI=1S/C70H98N14O17S3/c1-7-38(4)57(67(97)78-50(32-41-19-12-9-13-20-41)64(94)80-52(36-103)70(100)101)82-62(92)46(24-26-54(72)86)74-60(90)47(25-27-55(87)88)75-63(93)49(31-40-17-10-8-11-18-40)77-65(95)53-23-16-29-84(53)69(99)51(33-42-34-73-45-22-15-14-21-43(42)45)79-61(91)48(28-30-104-6)76-68(98)58(39(5)85)83-66(96)56(37(2)3)81-59(89)44(71)35-102/h8-15,17-22,34,37-39,44,46-53,56-58,73,85,102-103H,7,16,23-33,35-36,71H2,1-6H3,(H2,72,86)(H,74,90)(H,75,93)(H,76,98)(H,77,95)(H,78,97)(H,79,91)(H,80,94)(H,81,89)(H,82,92)(H,83,96)(H,87,88)(H,100,101)/t38-,39+,44-,46-,47-,48-,49-,50-,51-,52-,53-,56-,57-,58-/m0/s1. The van der Waals surface area contributed by atoms with Crippen molar-refractivity contribution in [3.63, 3.8) is 0 Å². The van der Waals surface area contributed by atoms with Gasteiger partial charge in [-0.25, -0.2) is 4.79 Å². The molecular formula is C70H98N14O17S3. The predicted molar refractivity (Wildman–Crippen MR) is 394 cm³/mol. The Labute approximate surface area is 618 Å². The summed E-state index contributed by atoms with van der Waals surface area (Å²) in [6.07, 6.45) is -0.368. The predicted octanol–water partition coefficient (Wildman–Crippen LogP) is -0.727. The number of carboxylic acid groups (broad SMARTS) is 2. The molecular weight excluding hydrogens is 1410 g/mol. The van der Waals surface area contributed by atoms with Gasteiger partial charge in [0, 0.05) is 67.3 Å². The minimum Gasteiger partial charge on any atom is -0.481 e. The number of thiol groups is 2. The molecule has 5 rings (SSSR count). The van der Waals surface area contributed by atoms with Crippen LogP contribution in [-0.4, -0.2) is 217 Å². The van der Waals surface area contributed by atoms with Gasteiger partial charge in [-0.3, -0.25) is 62.3 Å². The zero-order valence-electron chi connectivity index (χ0n) is 58.9. The first-order chi connectivity index (χ1) is 49.4. The number of amides is 12. The number of hydrogen-bond acceptors (Lipinski definition) is 19. The number of carbonyl (C=O) groups excluding carboxylic acids is 12. The molecule has 1 saturated heterocycles. The second-order valence-corrected chi connectivity index (χ2v) is 27.6. The van der Waals surface area contributed by atoms with Gasteiger partial charge in [0.05, 0.1) is 12.1 Å². The van der Waals surface area contributed by atoms with E-state index in [0.29, 0.717) is 33.3 Å². The molecule has 568 valence electrons. The molecule has 0 unspecified atom stereocenters. The average Bonchev–Trinajstić information content (AvgIpc) is 1.63. The molecule has 18 N–H and O–H groups in total. The van der Waals surface area contributed by atoms with Crippen molar-refractivity contribution in [3.8, 4) is 0 Å². The third-order valence-corrected chi connectivity index (χ3v) is 19.1. The summed E-state index contributed by atoms with van der Waals surface area (Å²) in [5.74, 6) is -14.8. The van der Waals surface area contributed by atoms with E-state index in [4.69, 9.17) is 11.5 Å². The molecule has 1 aromatic heterocycles. The lowest BCUT2D eigenvalue weighted by molar-refractivity contribution is -0.142. The summed E-state index contributed by atoms with van der Waals surface area (Å²) in [4.78, 5) is 198. The Hall–Kier alpha value is -9.25. The lowest BCUT2D eigenvalue weighted by Gasteiger charge is -2.31. The van der Waals surface area contributed by atoms with Crippen LogP contribution in [0.25, 0.3) is 10.9 Å². The van der Waals surface area contributed by atoms with Gasteiger partial charge in [0.1, 0.15) is 66.5 Å². The number of H-pyrrole nitrogens is 1. The number of aliphatic hydroxyl groups is 1. The van der Waals surface area contributed by atoms with Gasteiger partial charge in [-0.05, 0) is 85.6 Å². The highest BCUT2D eigenvalue weighted by atomic mass is 32.2. The molecule has 31 nitrogen and oxygen atoms in total. The number of nitrogens with two attached hydrogens (primary N) is 2. The number of hydrogen-bond donors (Lipinski definition) is 18. The molecule has 0 bridgehead atoms. The molecule has 12 amide bonds. The largest absolute Gasteiger partial charge is 0.481 e. The number of aliphatic hydroxyl groups excluding tert-OH is 1. The first-order valence-electron chi connectivity index (χ1n) is 34.3. The summed E-state index contributed by atoms with van der Waals surface area (Å²) in [5.41, 5.74) is 13.7. The number of rotatable bonds is 43. The maximum atomic E-state index is 15.3. The molecule has 104 heavy (non-hydrogen) atoms. The second kappa shape index (κ2) is 42.5. The van der Waals surface area contributed by atoms with Crippen molar-refractivity contribution < 1.29 is 82.4 Å². The summed E-state index contributed by atoms with van der Waals surface area (Å²) >= 11 is 9.42. The molecule has 1 aliphatic rings. The Bertz CT molecular complexity index is 3630. The highest BCUT2D eigenvalue weighted by Gasteiger charge is 2.42. The summed E-state index contributed by atoms with van der Waals surface area (Å²) in [6, 6.07) is 6.65. The Balaban J connectivity index is 1.43. The number of primary amides is 1. The summed E-state index contributed by atoms with van der Waals surface area (Å²) in [6.45, 7) is 7.83. The molecule has 0 radical (unpaired) electrons. The molecule has 1 fully saturated rings. The van der Waals surface area contributed by atoms with Crippen LogP contribution in [-0.2, 0) is 86.4 Å². The third kappa shape index (κ3) is 26.2. The minimum absolute atomic E-state index is 0.0132. The monoisotopic (exact) mass is 1500 g/mol. The molecule has 0 spiro atoms. The summed E-state index contributed by atoms with van der Waals surface area (Å²) in [5, 5.41) is 57.0. The number of aromatic amines is 1. The van der Waals surface area contributed by atoms with Gasteiger partial charge in [-0.1, -0.05) is 113 Å². The van der Waals surface area contributed by atoms with E-state index in [1.807, 2.05) is 0 Å². The van der Waals surface area contributed by atoms with Crippen LogP contribution in [0.3, 0.4) is 0 Å². The van der Waals surface area contributed by atoms with Gasteiger partial charge < -0.3 is 89.8 Å². The van der Waals surface area contributed by atoms with Crippen molar-refractivity contribution in [1.29, 1.82) is 0 Å². The second-order valence-electron chi connectivity index (χ2n) is 25.9. The van der Waals surface area contributed by atoms with E-state index in [1.54, 1.807) is 125 Å². The van der Waals surface area contributed by atoms with Gasteiger partial charge in [-0.15, -0.1) is 0 Å². The highest BCUT2D eigenvalue weighted by Crippen LogP contribution is 2.24. The molecule has 0 saturated carbocycles. The van der Waals surface area contributed by atoms with Crippen molar-refractivity contribution in [3.05, 3.63) is 108 Å². The van der Waals surface area contributed by atoms with Crippen molar-refractivity contribution in [2.45, 2.75) is 184 Å². The topological polar surface area (TPSA) is 491 Å². The van der Waals surface area contributed by atoms with Crippen LogP contribution in [0.5, 0.6) is 0 Å². The van der Waals surface area contributed by atoms with Crippen LogP contribution < -0.4 is 64.6 Å². The number of likely N-dealkylation sites (tertiary alicyclic amines) is 1. The highest BCUT2D eigenvalue weighted by molar-refractivity contribution is 7.98. The fourth-order valence-corrected chi connectivity index (χ4v) is 12.4. The van der Waals surface area contributed by atoms with Crippen LogP contribution in [0, 0.1) is 11.8 Å². The number of nitrogens with one attached hydrogen (secondary N) is 11. The summed E-state index contributed by atoms with van der Waals surface area (Å²) in [7, 11) is 0. The Morgan fingerprint density at radius 2 is 1.03 bits per heavy atom. The Kier molecular flexibility index (Phi) is 34.9. The first-order valence-corrected chi connectivity index (χ1v) is 36.9. The van der Waals surface area contributed by atoms with Crippen molar-refractivity contribution >= 4 is 131 Å². The van der Waals surface area contributed by atoms with E-state index in [0.717, 1.165) is 0 Å². The van der Waals surface area contributed by atoms with Gasteiger partial charge >= 0.3 is 11.9 Å². The maximum Gasteiger partial charge on any atom is 0.327 e. The third-order valence-electron chi connectivity index (χ3n) is 17.7. The van der Waals surface area contributed by atoms with Crippen LogP contribution in [0.2, 0.25) is 0 Å². The van der Waals surface area contributed by atoms with Crippen molar-refractivity contribution in [2.24, 2.45) is 23.3 Å². The minimum atomic E-state index is -1.77. The lowest BCUT2D eigenvalue weighted by atomic mass is 9.96. The zero-order chi connectivity index (χ0) is 76.9. The maximum absolute atomic E-state index is 15.3. The molecule has 1 aliphatic heterocycles. The number of aromatic nitrogens is 1. The normalized spacial score (nSPS) is 16.5. The van der Waals surface area contributed by atoms with Crippen LogP contribution in [0.4, 0.5) is 0 Å². The van der Waals surface area contributed by atoms with E-state index < -0.39 is 199 Å². The van der Waals surface area contributed by atoms with E-state index in [1.165, 1.54) is 23.6 Å². The number of carbonyl (C=O) groups is 14. The van der Waals surface area contributed by atoms with Gasteiger partial charge in [0.2, 0.25) is 70.9 Å². The summed E-state index contributed by atoms with van der Waals surface area (Å²) < 4.78 is 0. The number of fused-ring (bicyclic) bond motifs is 1. The zero-order valence-corrected chi connectivity index (χ0v) is 61.5. The van der Waals surface area contributed by atoms with Gasteiger partial charge in [0.15, 0.2) is 0 Å². The van der Waals surface area contributed by atoms with Gasteiger partial charge in [0.25, 0.3) is 0 Å². The fraction of sp³-hybridized carbons (Fsp3) is 0.514. The van der Waals surface area contributed by atoms with Crippen LogP contribution in [0.15, 0.2) is 91.1 Å². The smallest absolute Gasteiger partial charge is 0.327 e. The van der Waals surface area contributed by atoms with E-state index in [2.05, 4.69) is 83.4 Å². The molecule has 4 aromatic rings. The van der Waals surface area contributed by atoms with E-state index in [-0.39, 0.29) is 63.0 Å². The number of aliphatic carboxylic acids is 2. The molecule has 34 heteroatoms. The molecule has 3 aromatic carbocycles. The number of carboxylic acids is 2.